The Morgan fingerprint density at radius 3 is 2.48 bits per heavy atom. The standard InChI is InChI=1S/C21H25NO7/c1-28-21(27)19-14(12-29-20(26)13-5-3-2-4-6-13)11-15-7-8-16(19)22(15)17(23)9-10-18(24)25/h2-6,14-16,19H,7-12H2,1H3,(H,24,25)/t14?,15-,16?,19?/m1/s1. The number of ether oxygens (including phenoxy) is 2. The fourth-order valence-corrected chi connectivity index (χ4v) is 4.54. The van der Waals surface area contributed by atoms with Gasteiger partial charge in [-0.1, -0.05) is 18.2 Å². The molecule has 2 heterocycles. The van der Waals surface area contributed by atoms with Gasteiger partial charge in [-0.15, -0.1) is 0 Å². The van der Waals surface area contributed by atoms with Crippen molar-refractivity contribution >= 4 is 23.8 Å². The smallest absolute Gasteiger partial charge is 0.338 e. The second kappa shape index (κ2) is 9.07. The van der Waals surface area contributed by atoms with Gasteiger partial charge in [0.05, 0.1) is 31.6 Å². The molecule has 3 unspecified atom stereocenters. The Labute approximate surface area is 168 Å². The monoisotopic (exact) mass is 403 g/mol. The van der Waals surface area contributed by atoms with Gasteiger partial charge >= 0.3 is 17.9 Å². The van der Waals surface area contributed by atoms with Crippen molar-refractivity contribution in [2.45, 2.75) is 44.2 Å². The largest absolute Gasteiger partial charge is 0.481 e. The number of fused-ring (bicyclic) bond motifs is 2. The van der Waals surface area contributed by atoms with E-state index in [0.29, 0.717) is 18.4 Å². The van der Waals surface area contributed by atoms with E-state index in [1.54, 1.807) is 35.2 Å². The van der Waals surface area contributed by atoms with Gasteiger partial charge in [0, 0.05) is 24.4 Å². The van der Waals surface area contributed by atoms with Crippen LogP contribution in [-0.4, -0.2) is 59.6 Å². The molecule has 2 aliphatic rings. The van der Waals surface area contributed by atoms with Gasteiger partial charge in [-0.05, 0) is 31.4 Å². The molecule has 0 aliphatic carbocycles. The maximum Gasteiger partial charge on any atom is 0.338 e. The Hall–Kier alpha value is -2.90. The lowest BCUT2D eigenvalue weighted by Gasteiger charge is -2.43. The summed E-state index contributed by atoms with van der Waals surface area (Å²) in [6.45, 7) is 0.0671. The molecule has 0 aromatic heterocycles. The highest BCUT2D eigenvalue weighted by Gasteiger charge is 2.52. The van der Waals surface area contributed by atoms with Crippen LogP contribution in [0.4, 0.5) is 0 Å². The predicted octanol–water partition coefficient (Wildman–Crippen LogP) is 1.88. The Balaban J connectivity index is 1.71. The number of methoxy groups -OCH3 is 1. The van der Waals surface area contributed by atoms with Gasteiger partial charge in [-0.25, -0.2) is 4.79 Å². The fraction of sp³-hybridized carbons (Fsp3) is 0.524. The molecular weight excluding hydrogens is 378 g/mol. The average molecular weight is 403 g/mol. The van der Waals surface area contributed by atoms with Crippen LogP contribution in [0.5, 0.6) is 0 Å². The fourth-order valence-electron chi connectivity index (χ4n) is 4.54. The molecule has 0 spiro atoms. The van der Waals surface area contributed by atoms with E-state index in [2.05, 4.69) is 0 Å². The molecule has 2 aliphatic heterocycles. The normalized spacial score (nSPS) is 25.3. The van der Waals surface area contributed by atoms with Gasteiger partial charge in [-0.2, -0.15) is 0 Å². The van der Waals surface area contributed by atoms with E-state index < -0.39 is 23.8 Å². The molecule has 1 aromatic rings. The molecule has 3 rings (SSSR count). The van der Waals surface area contributed by atoms with Crippen molar-refractivity contribution in [2.24, 2.45) is 11.8 Å². The van der Waals surface area contributed by atoms with Crippen LogP contribution in [0.2, 0.25) is 0 Å². The van der Waals surface area contributed by atoms with Crippen molar-refractivity contribution in [3.05, 3.63) is 35.9 Å². The highest BCUT2D eigenvalue weighted by molar-refractivity contribution is 5.89. The second-order valence-corrected chi connectivity index (χ2v) is 7.50. The number of amides is 1. The summed E-state index contributed by atoms with van der Waals surface area (Å²) >= 11 is 0. The van der Waals surface area contributed by atoms with Crippen LogP contribution in [0.1, 0.15) is 42.5 Å². The summed E-state index contributed by atoms with van der Waals surface area (Å²) in [6.07, 6.45) is 1.56. The molecule has 0 radical (unpaired) electrons. The number of esters is 2. The van der Waals surface area contributed by atoms with E-state index in [0.717, 1.165) is 6.42 Å². The summed E-state index contributed by atoms with van der Waals surface area (Å²) in [5, 5.41) is 8.85. The van der Waals surface area contributed by atoms with Crippen molar-refractivity contribution in [1.29, 1.82) is 0 Å². The molecule has 0 saturated carbocycles. The number of carbonyl (C=O) groups is 4. The van der Waals surface area contributed by atoms with E-state index >= 15 is 0 Å². The average Bonchev–Trinajstić information content (AvgIpc) is 3.04. The molecule has 2 saturated heterocycles. The number of hydrogen-bond acceptors (Lipinski definition) is 6. The van der Waals surface area contributed by atoms with Gasteiger partial charge in [-0.3, -0.25) is 14.4 Å². The lowest BCUT2D eigenvalue weighted by Crippen LogP contribution is -2.55. The molecule has 8 nitrogen and oxygen atoms in total. The van der Waals surface area contributed by atoms with E-state index in [4.69, 9.17) is 14.6 Å². The van der Waals surface area contributed by atoms with Crippen molar-refractivity contribution in [1.82, 2.24) is 4.90 Å². The minimum absolute atomic E-state index is 0.0671. The summed E-state index contributed by atoms with van der Waals surface area (Å²) in [5.74, 6) is -3.03. The van der Waals surface area contributed by atoms with Crippen molar-refractivity contribution in [2.75, 3.05) is 13.7 Å². The molecule has 2 bridgehead atoms. The summed E-state index contributed by atoms with van der Waals surface area (Å²) in [5.41, 5.74) is 0.436. The Bertz CT molecular complexity index is 778. The molecule has 2 fully saturated rings. The van der Waals surface area contributed by atoms with E-state index in [1.807, 2.05) is 0 Å². The van der Waals surface area contributed by atoms with E-state index in [-0.39, 0.29) is 43.4 Å². The molecule has 156 valence electrons. The van der Waals surface area contributed by atoms with Crippen LogP contribution in [0.3, 0.4) is 0 Å². The van der Waals surface area contributed by atoms with E-state index in [9.17, 15) is 19.2 Å². The zero-order chi connectivity index (χ0) is 21.0. The van der Waals surface area contributed by atoms with Crippen LogP contribution in [0, 0.1) is 11.8 Å². The van der Waals surface area contributed by atoms with Crippen molar-refractivity contribution in [3.63, 3.8) is 0 Å². The zero-order valence-corrected chi connectivity index (χ0v) is 16.3. The third kappa shape index (κ3) is 4.58. The molecule has 1 amide bonds. The highest BCUT2D eigenvalue weighted by Crippen LogP contribution is 2.43. The summed E-state index contributed by atoms with van der Waals surface area (Å²) < 4.78 is 10.4. The number of rotatable bonds is 7. The predicted molar refractivity (Wildman–Crippen MR) is 101 cm³/mol. The summed E-state index contributed by atoms with van der Waals surface area (Å²) in [6, 6.07) is 8.18. The first kappa shape index (κ1) is 20.8. The number of carbonyl (C=O) groups excluding carboxylic acids is 3. The molecule has 8 heteroatoms. The van der Waals surface area contributed by atoms with Crippen molar-refractivity contribution in [3.8, 4) is 0 Å². The third-order valence-corrected chi connectivity index (χ3v) is 5.80. The number of piperidine rings is 1. The Morgan fingerprint density at radius 2 is 1.83 bits per heavy atom. The summed E-state index contributed by atoms with van der Waals surface area (Å²) in [4.78, 5) is 49.9. The number of carboxylic acid groups (broad SMARTS) is 1. The lowest BCUT2D eigenvalue weighted by atomic mass is 9.80. The van der Waals surface area contributed by atoms with Crippen LogP contribution in [-0.2, 0) is 23.9 Å². The van der Waals surface area contributed by atoms with Gasteiger partial charge in [0.2, 0.25) is 5.91 Å². The Morgan fingerprint density at radius 1 is 1.10 bits per heavy atom. The lowest BCUT2D eigenvalue weighted by molar-refractivity contribution is -0.158. The molecule has 29 heavy (non-hydrogen) atoms. The van der Waals surface area contributed by atoms with Crippen molar-refractivity contribution < 1.29 is 33.8 Å². The van der Waals surface area contributed by atoms with Crippen LogP contribution in [0.15, 0.2) is 30.3 Å². The number of benzene rings is 1. The maximum atomic E-state index is 12.6. The van der Waals surface area contributed by atoms with Gasteiger partial charge in [0.25, 0.3) is 0 Å². The molecule has 4 atom stereocenters. The topological polar surface area (TPSA) is 110 Å². The Kier molecular flexibility index (Phi) is 6.51. The SMILES string of the molecule is COC(=O)C1C(COC(=O)c2ccccc2)C[C@H]2CCC1N2C(=O)CCC(=O)O. The van der Waals surface area contributed by atoms with Gasteiger partial charge in [0.1, 0.15) is 0 Å². The minimum Gasteiger partial charge on any atom is -0.481 e. The summed E-state index contributed by atoms with van der Waals surface area (Å²) in [7, 11) is 1.30. The maximum absolute atomic E-state index is 12.6. The number of hydrogen-bond donors (Lipinski definition) is 1. The second-order valence-electron chi connectivity index (χ2n) is 7.50. The van der Waals surface area contributed by atoms with Gasteiger partial charge in [0.15, 0.2) is 0 Å². The number of nitrogens with zero attached hydrogens (tertiary/aromatic N) is 1. The quantitative estimate of drug-likeness (QED) is 0.692. The van der Waals surface area contributed by atoms with Crippen LogP contribution < -0.4 is 0 Å². The molecular formula is C21H25NO7. The first-order chi connectivity index (χ1) is 13.9. The first-order valence-corrected chi connectivity index (χ1v) is 9.75. The minimum atomic E-state index is -1.03. The third-order valence-electron chi connectivity index (χ3n) is 5.80. The molecule has 1 aromatic carbocycles. The highest BCUT2D eigenvalue weighted by atomic mass is 16.5. The van der Waals surface area contributed by atoms with Crippen LogP contribution >= 0.6 is 0 Å². The van der Waals surface area contributed by atoms with E-state index in [1.165, 1.54) is 7.11 Å². The number of carboxylic acids is 1. The first-order valence-electron chi connectivity index (χ1n) is 9.75. The van der Waals surface area contributed by atoms with Crippen LogP contribution in [0.25, 0.3) is 0 Å². The number of aliphatic carboxylic acids is 1. The zero-order valence-electron chi connectivity index (χ0n) is 16.3. The molecule has 1 N–H and O–H groups in total. The van der Waals surface area contributed by atoms with Gasteiger partial charge < -0.3 is 19.5 Å².